The lowest BCUT2D eigenvalue weighted by molar-refractivity contribution is 0.0290. The molecule has 1 saturated heterocycles. The molecular formula is C23H38N2O4. The number of nitrogens with zero attached hydrogens (tertiary/aromatic N) is 1. The highest BCUT2D eigenvalue weighted by atomic mass is 16.5. The van der Waals surface area contributed by atoms with Crippen molar-refractivity contribution in [2.45, 2.75) is 58.3 Å². The molecule has 0 bridgehead atoms. The van der Waals surface area contributed by atoms with Crippen LogP contribution in [0.25, 0.3) is 0 Å². The lowest BCUT2D eigenvalue weighted by Gasteiger charge is -2.26. The number of nitrogens with one attached hydrogen (secondary N) is 1. The first-order valence-corrected chi connectivity index (χ1v) is 11.2. The monoisotopic (exact) mass is 406 g/mol. The average Bonchev–Trinajstić information content (AvgIpc) is 2.73. The van der Waals surface area contributed by atoms with Crippen LogP contribution in [-0.4, -0.2) is 57.1 Å². The Morgan fingerprint density at radius 1 is 1.03 bits per heavy atom. The van der Waals surface area contributed by atoms with Crippen LogP contribution in [0.4, 0.5) is 10.5 Å². The largest absolute Gasteiger partial charge is 0.494 e. The maximum atomic E-state index is 12.0. The number of carbonyl (C=O) groups is 1. The Balaban J connectivity index is 1.55. The van der Waals surface area contributed by atoms with E-state index in [-0.39, 0.29) is 0 Å². The SMILES string of the molecule is CCCCCCCCCCOc1cccc(NC(=O)OCCN2CCOCC2)c1. The first-order chi connectivity index (χ1) is 14.3. The number of ether oxygens (including phenoxy) is 3. The van der Waals surface area contributed by atoms with Gasteiger partial charge in [0.25, 0.3) is 0 Å². The number of morpholine rings is 1. The van der Waals surface area contributed by atoms with Gasteiger partial charge in [-0.3, -0.25) is 10.2 Å². The zero-order valence-corrected chi connectivity index (χ0v) is 18.0. The molecule has 0 aromatic heterocycles. The molecule has 1 aliphatic heterocycles. The molecule has 1 aromatic rings. The number of hydrogen-bond donors (Lipinski definition) is 1. The molecule has 164 valence electrons. The van der Waals surface area contributed by atoms with E-state index in [1.54, 1.807) is 0 Å². The third-order valence-electron chi connectivity index (χ3n) is 5.09. The van der Waals surface area contributed by atoms with Crippen molar-refractivity contribution in [1.29, 1.82) is 0 Å². The van der Waals surface area contributed by atoms with Crippen LogP contribution in [0.5, 0.6) is 5.75 Å². The Kier molecular flexibility index (Phi) is 12.2. The predicted octanol–water partition coefficient (Wildman–Crippen LogP) is 5.09. The molecule has 6 nitrogen and oxygen atoms in total. The smallest absolute Gasteiger partial charge is 0.411 e. The van der Waals surface area contributed by atoms with Crippen molar-refractivity contribution in [1.82, 2.24) is 4.90 Å². The Bertz CT molecular complexity index is 562. The maximum absolute atomic E-state index is 12.0. The van der Waals surface area contributed by atoms with Crippen molar-refractivity contribution in [2.75, 3.05) is 51.4 Å². The minimum atomic E-state index is -0.432. The molecule has 0 unspecified atom stereocenters. The second kappa shape index (κ2) is 15.1. The third kappa shape index (κ3) is 11.1. The molecule has 2 rings (SSSR count). The maximum Gasteiger partial charge on any atom is 0.411 e. The molecule has 1 N–H and O–H groups in total. The van der Waals surface area contributed by atoms with Gasteiger partial charge in [-0.05, 0) is 18.6 Å². The molecular weight excluding hydrogens is 368 g/mol. The molecule has 29 heavy (non-hydrogen) atoms. The fraction of sp³-hybridized carbons (Fsp3) is 0.696. The van der Waals surface area contributed by atoms with Gasteiger partial charge >= 0.3 is 6.09 Å². The van der Waals surface area contributed by atoms with E-state index in [1.165, 1.54) is 44.9 Å². The van der Waals surface area contributed by atoms with Crippen molar-refractivity contribution in [3.63, 3.8) is 0 Å². The fourth-order valence-corrected chi connectivity index (χ4v) is 3.34. The average molecular weight is 407 g/mol. The van der Waals surface area contributed by atoms with E-state index in [1.807, 2.05) is 24.3 Å². The number of anilines is 1. The van der Waals surface area contributed by atoms with E-state index in [2.05, 4.69) is 17.1 Å². The lowest BCUT2D eigenvalue weighted by Crippen LogP contribution is -2.38. The Hall–Kier alpha value is -1.79. The first kappa shape index (κ1) is 23.5. The van der Waals surface area contributed by atoms with E-state index in [4.69, 9.17) is 14.2 Å². The third-order valence-corrected chi connectivity index (χ3v) is 5.09. The van der Waals surface area contributed by atoms with Crippen LogP contribution >= 0.6 is 0 Å². The summed E-state index contributed by atoms with van der Waals surface area (Å²) >= 11 is 0. The van der Waals surface area contributed by atoms with E-state index >= 15 is 0 Å². The highest BCUT2D eigenvalue weighted by molar-refractivity contribution is 5.84. The molecule has 0 radical (unpaired) electrons. The second-order valence-electron chi connectivity index (χ2n) is 7.57. The van der Waals surface area contributed by atoms with Crippen LogP contribution < -0.4 is 10.1 Å². The zero-order chi connectivity index (χ0) is 20.6. The minimum Gasteiger partial charge on any atom is -0.494 e. The Morgan fingerprint density at radius 3 is 2.52 bits per heavy atom. The highest BCUT2D eigenvalue weighted by Crippen LogP contribution is 2.18. The van der Waals surface area contributed by atoms with Crippen LogP contribution in [0.1, 0.15) is 58.3 Å². The fourth-order valence-electron chi connectivity index (χ4n) is 3.34. The number of benzene rings is 1. The normalized spacial score (nSPS) is 14.5. The molecule has 0 aliphatic carbocycles. The number of hydrogen-bond acceptors (Lipinski definition) is 5. The highest BCUT2D eigenvalue weighted by Gasteiger charge is 2.11. The van der Waals surface area contributed by atoms with Gasteiger partial charge in [-0.2, -0.15) is 0 Å². The van der Waals surface area contributed by atoms with Crippen LogP contribution in [0, 0.1) is 0 Å². The van der Waals surface area contributed by atoms with E-state index in [0.717, 1.165) is 45.0 Å². The van der Waals surface area contributed by atoms with Crippen molar-refractivity contribution < 1.29 is 19.0 Å². The van der Waals surface area contributed by atoms with Gasteiger partial charge in [-0.25, -0.2) is 4.79 Å². The van der Waals surface area contributed by atoms with E-state index in [0.29, 0.717) is 18.9 Å². The molecule has 1 heterocycles. The van der Waals surface area contributed by atoms with Gasteiger partial charge in [0.15, 0.2) is 0 Å². The van der Waals surface area contributed by atoms with Crippen LogP contribution in [0.2, 0.25) is 0 Å². The van der Waals surface area contributed by atoms with Crippen LogP contribution in [-0.2, 0) is 9.47 Å². The number of carbonyl (C=O) groups excluding carboxylic acids is 1. The summed E-state index contributed by atoms with van der Waals surface area (Å²) in [6.07, 6.45) is 9.82. The summed E-state index contributed by atoms with van der Waals surface area (Å²) < 4.78 is 16.4. The molecule has 1 amide bonds. The number of rotatable bonds is 14. The van der Waals surface area contributed by atoms with Crippen molar-refractivity contribution in [3.8, 4) is 5.75 Å². The molecule has 1 aliphatic rings. The van der Waals surface area contributed by atoms with E-state index in [9.17, 15) is 4.79 Å². The second-order valence-corrected chi connectivity index (χ2v) is 7.57. The van der Waals surface area contributed by atoms with E-state index < -0.39 is 6.09 Å². The lowest BCUT2D eigenvalue weighted by atomic mass is 10.1. The van der Waals surface area contributed by atoms with Crippen LogP contribution in [0.15, 0.2) is 24.3 Å². The molecule has 6 heteroatoms. The molecule has 1 fully saturated rings. The summed E-state index contributed by atoms with van der Waals surface area (Å²) in [4.78, 5) is 14.2. The Morgan fingerprint density at radius 2 is 1.76 bits per heavy atom. The predicted molar refractivity (Wildman–Crippen MR) is 117 cm³/mol. The van der Waals surface area contributed by atoms with Gasteiger partial charge in [-0.1, -0.05) is 57.9 Å². The molecule has 0 spiro atoms. The standard InChI is InChI=1S/C23H38N2O4/c1-2-3-4-5-6-7-8-9-16-28-22-12-10-11-21(20-22)24-23(26)29-19-15-25-13-17-27-18-14-25/h10-12,20H,2-9,13-19H2,1H3,(H,24,26). The van der Waals surface area contributed by atoms with Crippen LogP contribution in [0.3, 0.4) is 0 Å². The van der Waals surface area contributed by atoms with Gasteiger partial charge in [0.1, 0.15) is 12.4 Å². The number of unbranched alkanes of at least 4 members (excludes halogenated alkanes) is 7. The summed E-state index contributed by atoms with van der Waals surface area (Å²) in [5.41, 5.74) is 0.690. The summed E-state index contributed by atoms with van der Waals surface area (Å²) in [6.45, 7) is 7.35. The van der Waals surface area contributed by atoms with Gasteiger partial charge in [0.05, 0.1) is 19.8 Å². The topological polar surface area (TPSA) is 60.0 Å². The van der Waals surface area contributed by atoms with Gasteiger partial charge in [-0.15, -0.1) is 0 Å². The quantitative estimate of drug-likeness (QED) is 0.436. The summed E-state index contributed by atoms with van der Waals surface area (Å²) in [6, 6.07) is 7.48. The van der Waals surface area contributed by atoms with Crippen molar-refractivity contribution >= 4 is 11.8 Å². The first-order valence-electron chi connectivity index (χ1n) is 11.2. The molecule has 0 saturated carbocycles. The summed E-state index contributed by atoms with van der Waals surface area (Å²) in [7, 11) is 0. The Labute approximate surface area is 175 Å². The zero-order valence-electron chi connectivity index (χ0n) is 18.0. The summed E-state index contributed by atoms with van der Waals surface area (Å²) in [5, 5.41) is 2.77. The minimum absolute atomic E-state index is 0.375. The van der Waals surface area contributed by atoms with Crippen molar-refractivity contribution in [2.24, 2.45) is 0 Å². The molecule has 0 atom stereocenters. The summed E-state index contributed by atoms with van der Waals surface area (Å²) in [5.74, 6) is 0.777. The van der Waals surface area contributed by atoms with Crippen molar-refractivity contribution in [3.05, 3.63) is 24.3 Å². The van der Waals surface area contributed by atoms with Gasteiger partial charge in [0, 0.05) is 31.4 Å². The van der Waals surface area contributed by atoms with Gasteiger partial charge in [0.2, 0.25) is 0 Å². The number of amides is 1. The van der Waals surface area contributed by atoms with Gasteiger partial charge < -0.3 is 14.2 Å². The molecule has 1 aromatic carbocycles.